The summed E-state index contributed by atoms with van der Waals surface area (Å²) in [5.74, 6) is -3.75. The minimum absolute atomic E-state index is 0.000391. The smallest absolute Gasteiger partial charge is 0.290 e. The zero-order valence-corrected chi connectivity index (χ0v) is 15.5. The monoisotopic (exact) mass is 429 g/mol. The van der Waals surface area contributed by atoms with Gasteiger partial charge in [0.05, 0.1) is 12.1 Å². The van der Waals surface area contributed by atoms with E-state index in [0.29, 0.717) is 5.69 Å². The number of anilines is 1. The number of hydrogen-bond acceptors (Lipinski definition) is 4. The third-order valence-electron chi connectivity index (χ3n) is 3.09. The Morgan fingerprint density at radius 1 is 1.32 bits per heavy atom. The number of benzene rings is 1. The molecule has 0 aliphatic heterocycles. The minimum atomic E-state index is -2.69. The lowest BCUT2D eigenvalue weighted by atomic mass is 10.2. The van der Waals surface area contributed by atoms with E-state index in [1.807, 2.05) is 13.0 Å². The fourth-order valence-electron chi connectivity index (χ4n) is 1.96. The van der Waals surface area contributed by atoms with Gasteiger partial charge in [0.2, 0.25) is 5.91 Å². The van der Waals surface area contributed by atoms with Gasteiger partial charge in [0.15, 0.2) is 0 Å². The van der Waals surface area contributed by atoms with Crippen molar-refractivity contribution in [3.05, 3.63) is 52.1 Å². The molecule has 1 aromatic heterocycles. The van der Waals surface area contributed by atoms with Crippen LogP contribution in [-0.2, 0) is 4.79 Å². The molecule has 0 radical (unpaired) electrons. The number of halogens is 3. The molecule has 0 bridgehead atoms. The Morgan fingerprint density at radius 3 is 2.76 bits per heavy atom. The number of hydrogen-bond donors (Lipinski definition) is 2. The van der Waals surface area contributed by atoms with E-state index in [0.717, 1.165) is 10.0 Å². The summed E-state index contributed by atoms with van der Waals surface area (Å²) >= 11 is 3.51. The standard InChI is InChI=1S/C16H14BrF2N3O2S/c1-9-7-10(17)4-5-12(9)22-13(23)8-21-14(24)11-3-2-6-20-15(11)25-16(18)19/h2-7,16H,8H2,1H3,(H,21,24)(H,22,23). The van der Waals surface area contributed by atoms with Gasteiger partial charge in [0, 0.05) is 16.4 Å². The van der Waals surface area contributed by atoms with E-state index < -0.39 is 17.6 Å². The average Bonchev–Trinajstić information content (AvgIpc) is 2.55. The quantitative estimate of drug-likeness (QED) is 0.684. The summed E-state index contributed by atoms with van der Waals surface area (Å²) in [6, 6.07) is 8.21. The lowest BCUT2D eigenvalue weighted by Gasteiger charge is -2.11. The first-order valence-electron chi connectivity index (χ1n) is 7.11. The number of rotatable bonds is 6. The van der Waals surface area contributed by atoms with Crippen LogP contribution in [0.25, 0.3) is 0 Å². The molecule has 0 atom stereocenters. The van der Waals surface area contributed by atoms with Crippen molar-refractivity contribution in [1.82, 2.24) is 10.3 Å². The van der Waals surface area contributed by atoms with Crippen LogP contribution in [0, 0.1) is 6.92 Å². The van der Waals surface area contributed by atoms with Crippen LogP contribution < -0.4 is 10.6 Å². The van der Waals surface area contributed by atoms with Gasteiger partial charge in [0.1, 0.15) is 5.03 Å². The number of aryl methyl sites for hydroxylation is 1. The van der Waals surface area contributed by atoms with E-state index in [9.17, 15) is 18.4 Å². The summed E-state index contributed by atoms with van der Waals surface area (Å²) in [5, 5.41) is 5.00. The highest BCUT2D eigenvalue weighted by atomic mass is 79.9. The van der Waals surface area contributed by atoms with Crippen molar-refractivity contribution in [3.63, 3.8) is 0 Å². The molecular formula is C16H14BrF2N3O2S. The Balaban J connectivity index is 1.97. The fourth-order valence-corrected chi connectivity index (χ4v) is 3.01. The van der Waals surface area contributed by atoms with Crippen molar-refractivity contribution < 1.29 is 18.4 Å². The minimum Gasteiger partial charge on any atom is -0.343 e. The van der Waals surface area contributed by atoms with Gasteiger partial charge in [-0.05, 0) is 54.6 Å². The molecule has 0 aliphatic carbocycles. The molecule has 1 aromatic carbocycles. The molecule has 0 spiro atoms. The molecule has 2 aromatic rings. The number of thioether (sulfide) groups is 1. The topological polar surface area (TPSA) is 71.1 Å². The first-order chi connectivity index (χ1) is 11.9. The second-order valence-electron chi connectivity index (χ2n) is 4.92. The van der Waals surface area contributed by atoms with Crippen molar-refractivity contribution in [1.29, 1.82) is 0 Å². The van der Waals surface area contributed by atoms with Crippen molar-refractivity contribution in [3.8, 4) is 0 Å². The lowest BCUT2D eigenvalue weighted by molar-refractivity contribution is -0.115. The number of nitrogens with zero attached hydrogens (tertiary/aromatic N) is 1. The number of amides is 2. The predicted molar refractivity (Wildman–Crippen MR) is 95.9 cm³/mol. The zero-order valence-electron chi connectivity index (χ0n) is 13.1. The molecular weight excluding hydrogens is 416 g/mol. The van der Waals surface area contributed by atoms with E-state index in [-0.39, 0.29) is 28.9 Å². The van der Waals surface area contributed by atoms with Crippen LogP contribution in [0.5, 0.6) is 0 Å². The maximum atomic E-state index is 12.5. The van der Waals surface area contributed by atoms with Gasteiger partial charge in [-0.15, -0.1) is 0 Å². The Morgan fingerprint density at radius 2 is 2.08 bits per heavy atom. The van der Waals surface area contributed by atoms with E-state index >= 15 is 0 Å². The molecule has 132 valence electrons. The van der Waals surface area contributed by atoms with Crippen molar-refractivity contribution >= 4 is 45.2 Å². The first kappa shape index (κ1) is 19.3. The SMILES string of the molecule is Cc1cc(Br)ccc1NC(=O)CNC(=O)c1cccnc1SC(F)F. The Labute approximate surface area is 155 Å². The maximum absolute atomic E-state index is 12.5. The summed E-state index contributed by atoms with van der Waals surface area (Å²) in [6.07, 6.45) is 1.32. The van der Waals surface area contributed by atoms with E-state index in [1.54, 1.807) is 12.1 Å². The van der Waals surface area contributed by atoms with Gasteiger partial charge < -0.3 is 10.6 Å². The maximum Gasteiger partial charge on any atom is 0.290 e. The highest BCUT2D eigenvalue weighted by molar-refractivity contribution is 9.10. The first-order valence-corrected chi connectivity index (χ1v) is 8.78. The number of carbonyl (C=O) groups excluding carboxylic acids is 2. The molecule has 25 heavy (non-hydrogen) atoms. The van der Waals surface area contributed by atoms with Crippen molar-refractivity contribution in [2.45, 2.75) is 17.7 Å². The molecule has 0 saturated heterocycles. The lowest BCUT2D eigenvalue weighted by Crippen LogP contribution is -2.33. The normalized spacial score (nSPS) is 10.6. The summed E-state index contributed by atoms with van der Waals surface area (Å²) < 4.78 is 25.9. The number of pyridine rings is 1. The zero-order chi connectivity index (χ0) is 18.4. The van der Waals surface area contributed by atoms with Crippen LogP contribution in [0.3, 0.4) is 0 Å². The van der Waals surface area contributed by atoms with E-state index in [4.69, 9.17) is 0 Å². The number of alkyl halides is 2. The highest BCUT2D eigenvalue weighted by Crippen LogP contribution is 2.26. The number of carbonyl (C=O) groups is 2. The summed E-state index contributed by atoms with van der Waals surface area (Å²) in [7, 11) is 0. The molecule has 0 fully saturated rings. The van der Waals surface area contributed by atoms with Crippen LogP contribution in [-0.4, -0.2) is 29.1 Å². The highest BCUT2D eigenvalue weighted by Gasteiger charge is 2.17. The molecule has 0 aliphatic rings. The van der Waals surface area contributed by atoms with Gasteiger partial charge in [-0.1, -0.05) is 15.9 Å². The second-order valence-corrected chi connectivity index (χ2v) is 6.82. The van der Waals surface area contributed by atoms with Gasteiger partial charge in [-0.25, -0.2) is 4.98 Å². The third kappa shape index (κ3) is 5.79. The van der Waals surface area contributed by atoms with Crippen LogP contribution >= 0.6 is 27.7 Å². The van der Waals surface area contributed by atoms with E-state index in [1.165, 1.54) is 18.3 Å². The van der Waals surface area contributed by atoms with Crippen LogP contribution in [0.1, 0.15) is 15.9 Å². The summed E-state index contributed by atoms with van der Waals surface area (Å²) in [4.78, 5) is 27.9. The van der Waals surface area contributed by atoms with Gasteiger partial charge >= 0.3 is 0 Å². The van der Waals surface area contributed by atoms with Crippen molar-refractivity contribution in [2.24, 2.45) is 0 Å². The van der Waals surface area contributed by atoms with Crippen molar-refractivity contribution in [2.75, 3.05) is 11.9 Å². The van der Waals surface area contributed by atoms with Gasteiger partial charge in [-0.3, -0.25) is 9.59 Å². The number of nitrogens with one attached hydrogen (secondary N) is 2. The largest absolute Gasteiger partial charge is 0.343 e. The Kier molecular flexibility index (Phi) is 6.89. The Hall–Kier alpha value is -2.00. The molecule has 1 heterocycles. The fraction of sp³-hybridized carbons (Fsp3) is 0.188. The van der Waals surface area contributed by atoms with E-state index in [2.05, 4.69) is 31.5 Å². The average molecular weight is 430 g/mol. The van der Waals surface area contributed by atoms with Gasteiger partial charge in [-0.2, -0.15) is 8.78 Å². The molecule has 0 saturated carbocycles. The number of aromatic nitrogens is 1. The Bertz CT molecular complexity index is 790. The third-order valence-corrected chi connectivity index (χ3v) is 4.31. The molecule has 2 N–H and O–H groups in total. The molecule has 2 rings (SSSR count). The van der Waals surface area contributed by atoms with Gasteiger partial charge in [0.25, 0.3) is 11.7 Å². The second kappa shape index (κ2) is 8.91. The van der Waals surface area contributed by atoms with Crippen LogP contribution in [0.2, 0.25) is 0 Å². The summed E-state index contributed by atoms with van der Waals surface area (Å²) in [6.45, 7) is 1.55. The molecule has 0 unspecified atom stereocenters. The molecule has 5 nitrogen and oxygen atoms in total. The molecule has 2 amide bonds. The van der Waals surface area contributed by atoms with Crippen LogP contribution in [0.4, 0.5) is 14.5 Å². The predicted octanol–water partition coefficient (Wildman–Crippen LogP) is 3.84. The molecule has 9 heteroatoms. The summed E-state index contributed by atoms with van der Waals surface area (Å²) in [5.41, 5.74) is 1.48. The van der Waals surface area contributed by atoms with Crippen LogP contribution in [0.15, 0.2) is 46.0 Å².